The van der Waals surface area contributed by atoms with Crippen molar-refractivity contribution in [2.24, 2.45) is 11.8 Å². The molecule has 2 N–H and O–H groups in total. The van der Waals surface area contributed by atoms with Crippen molar-refractivity contribution in [3.8, 4) is 0 Å². The molecule has 0 heterocycles. The van der Waals surface area contributed by atoms with Crippen molar-refractivity contribution in [1.29, 1.82) is 0 Å². The highest BCUT2D eigenvalue weighted by molar-refractivity contribution is 6.81. The molecule has 1 fully saturated rings. The quantitative estimate of drug-likeness (QED) is 0.755. The lowest BCUT2D eigenvalue weighted by molar-refractivity contribution is 0.0701. The summed E-state index contributed by atoms with van der Waals surface area (Å²) in [4.78, 5) is 0. The summed E-state index contributed by atoms with van der Waals surface area (Å²) in [5.41, 5.74) is 3.12. The fraction of sp³-hybridized carbons (Fsp3) is 0.875. The molecule has 0 aromatic carbocycles. The van der Waals surface area contributed by atoms with Gasteiger partial charge >= 0.3 is 0 Å². The van der Waals surface area contributed by atoms with Crippen LogP contribution in [0.3, 0.4) is 0 Å². The molecule has 0 bridgehead atoms. The first-order valence-corrected chi connectivity index (χ1v) is 11.4. The van der Waals surface area contributed by atoms with Gasteiger partial charge in [-0.3, -0.25) is 0 Å². The van der Waals surface area contributed by atoms with E-state index in [0.717, 1.165) is 18.4 Å². The summed E-state index contributed by atoms with van der Waals surface area (Å²) < 4.78 is 0. The average Bonchev–Trinajstić information content (AvgIpc) is 2.34. The minimum Gasteiger partial charge on any atom is -0.388 e. The van der Waals surface area contributed by atoms with Crippen LogP contribution in [-0.2, 0) is 0 Å². The van der Waals surface area contributed by atoms with Gasteiger partial charge in [-0.1, -0.05) is 58.5 Å². The SMILES string of the molecule is CC(C)[C@@H](O)/C(=C\[Si](C)(C)C)[C@@H](O)C1CCCCC1. The Hall–Kier alpha value is -0.123. The summed E-state index contributed by atoms with van der Waals surface area (Å²) in [7, 11) is -1.44. The third-order valence-electron chi connectivity index (χ3n) is 4.01. The summed E-state index contributed by atoms with van der Waals surface area (Å²) in [6.45, 7) is 10.8. The Morgan fingerprint density at radius 3 is 2.00 bits per heavy atom. The summed E-state index contributed by atoms with van der Waals surface area (Å²) in [6, 6.07) is 0. The van der Waals surface area contributed by atoms with Gasteiger partial charge < -0.3 is 10.2 Å². The number of aliphatic hydroxyl groups excluding tert-OH is 2. The van der Waals surface area contributed by atoms with E-state index in [1.165, 1.54) is 19.3 Å². The molecule has 1 saturated carbocycles. The Morgan fingerprint density at radius 2 is 1.58 bits per heavy atom. The Balaban J connectivity index is 2.92. The van der Waals surface area contributed by atoms with Crippen molar-refractivity contribution < 1.29 is 10.2 Å². The van der Waals surface area contributed by atoms with E-state index in [1.807, 2.05) is 13.8 Å². The van der Waals surface area contributed by atoms with Crippen molar-refractivity contribution >= 4 is 8.07 Å². The second kappa shape index (κ2) is 7.05. The van der Waals surface area contributed by atoms with Gasteiger partial charge in [0.25, 0.3) is 0 Å². The molecule has 3 heteroatoms. The standard InChI is InChI=1S/C16H32O2Si/c1-12(2)15(17)14(11-19(3,4)5)16(18)13-9-7-6-8-10-13/h11-13,15-18H,6-10H2,1-5H3/b14-11+/t15-,16+/m1/s1. The van der Waals surface area contributed by atoms with Crippen LogP contribution < -0.4 is 0 Å². The van der Waals surface area contributed by atoms with E-state index in [-0.39, 0.29) is 5.92 Å². The zero-order chi connectivity index (χ0) is 14.6. The first-order valence-electron chi connectivity index (χ1n) is 7.81. The van der Waals surface area contributed by atoms with Crippen molar-refractivity contribution in [3.63, 3.8) is 0 Å². The lowest BCUT2D eigenvalue weighted by atomic mass is 9.80. The fourth-order valence-corrected chi connectivity index (χ4v) is 4.29. The van der Waals surface area contributed by atoms with Gasteiger partial charge in [-0.15, -0.1) is 0 Å². The van der Waals surface area contributed by atoms with E-state index in [1.54, 1.807) is 0 Å². The van der Waals surface area contributed by atoms with Crippen molar-refractivity contribution in [1.82, 2.24) is 0 Å². The summed E-state index contributed by atoms with van der Waals surface area (Å²) in [5.74, 6) is 0.519. The molecule has 19 heavy (non-hydrogen) atoms. The molecule has 2 atom stereocenters. The largest absolute Gasteiger partial charge is 0.388 e. The molecule has 2 nitrogen and oxygen atoms in total. The molecule has 0 unspecified atom stereocenters. The van der Waals surface area contributed by atoms with Crippen molar-refractivity contribution in [3.05, 3.63) is 11.3 Å². The average molecular weight is 285 g/mol. The molecule has 0 amide bonds. The van der Waals surface area contributed by atoms with Gasteiger partial charge in [-0.2, -0.15) is 0 Å². The molecule has 0 aromatic heterocycles. The smallest absolute Gasteiger partial charge is 0.0799 e. The van der Waals surface area contributed by atoms with Crippen LogP contribution in [0.15, 0.2) is 11.3 Å². The van der Waals surface area contributed by atoms with E-state index >= 15 is 0 Å². The van der Waals surface area contributed by atoms with E-state index in [0.29, 0.717) is 5.92 Å². The molecule has 0 radical (unpaired) electrons. The van der Waals surface area contributed by atoms with E-state index in [2.05, 4.69) is 25.3 Å². The Morgan fingerprint density at radius 1 is 1.05 bits per heavy atom. The zero-order valence-corrected chi connectivity index (χ0v) is 14.3. The topological polar surface area (TPSA) is 40.5 Å². The summed E-state index contributed by atoms with van der Waals surface area (Å²) in [6.07, 6.45) is 5.01. The lowest BCUT2D eigenvalue weighted by Crippen LogP contribution is -2.35. The van der Waals surface area contributed by atoms with Crippen LogP contribution in [-0.4, -0.2) is 30.5 Å². The van der Waals surface area contributed by atoms with E-state index in [9.17, 15) is 10.2 Å². The molecule has 0 saturated heterocycles. The molecule has 0 aromatic rings. The van der Waals surface area contributed by atoms with Crippen LogP contribution in [0.2, 0.25) is 19.6 Å². The maximum absolute atomic E-state index is 10.7. The van der Waals surface area contributed by atoms with Gasteiger partial charge in [0.15, 0.2) is 0 Å². The van der Waals surface area contributed by atoms with Gasteiger partial charge in [-0.05, 0) is 30.3 Å². The molecular weight excluding hydrogens is 252 g/mol. The molecule has 0 aliphatic heterocycles. The predicted octanol–water partition coefficient (Wildman–Crippen LogP) is 3.75. The molecule has 1 rings (SSSR count). The van der Waals surface area contributed by atoms with Gasteiger partial charge in [-0.25, -0.2) is 0 Å². The first kappa shape index (κ1) is 16.9. The molecule has 1 aliphatic rings. The maximum Gasteiger partial charge on any atom is 0.0799 e. The third kappa shape index (κ3) is 5.40. The number of aliphatic hydroxyl groups is 2. The van der Waals surface area contributed by atoms with Crippen LogP contribution in [0.1, 0.15) is 46.0 Å². The van der Waals surface area contributed by atoms with Crippen LogP contribution >= 0.6 is 0 Å². The molecule has 112 valence electrons. The van der Waals surface area contributed by atoms with Gasteiger partial charge in [0.2, 0.25) is 0 Å². The highest BCUT2D eigenvalue weighted by atomic mass is 28.3. The zero-order valence-electron chi connectivity index (χ0n) is 13.3. The Bertz CT molecular complexity index is 298. The van der Waals surface area contributed by atoms with Gasteiger partial charge in [0, 0.05) is 0 Å². The fourth-order valence-electron chi connectivity index (χ4n) is 2.95. The monoisotopic (exact) mass is 284 g/mol. The maximum atomic E-state index is 10.7. The summed E-state index contributed by atoms with van der Waals surface area (Å²) >= 11 is 0. The highest BCUT2D eigenvalue weighted by Crippen LogP contribution is 2.32. The first-order chi connectivity index (χ1) is 8.72. The molecule has 1 aliphatic carbocycles. The second-order valence-corrected chi connectivity index (χ2v) is 12.6. The number of hydrogen-bond donors (Lipinski definition) is 2. The molecular formula is C16H32O2Si. The molecule has 0 spiro atoms. The number of hydrogen-bond acceptors (Lipinski definition) is 2. The normalized spacial score (nSPS) is 22.6. The Labute approximate surface area is 119 Å². The summed E-state index contributed by atoms with van der Waals surface area (Å²) in [5, 5.41) is 21.2. The van der Waals surface area contributed by atoms with Crippen molar-refractivity contribution in [2.45, 2.75) is 77.8 Å². The van der Waals surface area contributed by atoms with Crippen LogP contribution in [0.25, 0.3) is 0 Å². The number of rotatable bonds is 5. The second-order valence-electron chi connectivity index (χ2n) is 7.54. The van der Waals surface area contributed by atoms with E-state index in [4.69, 9.17) is 0 Å². The minimum atomic E-state index is -1.44. The van der Waals surface area contributed by atoms with Crippen LogP contribution in [0.5, 0.6) is 0 Å². The minimum absolute atomic E-state index is 0.167. The van der Waals surface area contributed by atoms with Crippen LogP contribution in [0, 0.1) is 11.8 Å². The van der Waals surface area contributed by atoms with Crippen LogP contribution in [0.4, 0.5) is 0 Å². The van der Waals surface area contributed by atoms with Crippen molar-refractivity contribution in [2.75, 3.05) is 0 Å². The van der Waals surface area contributed by atoms with Gasteiger partial charge in [0.05, 0.1) is 20.3 Å². The van der Waals surface area contributed by atoms with E-state index < -0.39 is 20.3 Å². The predicted molar refractivity (Wildman–Crippen MR) is 84.9 cm³/mol. The Kier molecular flexibility index (Phi) is 6.28. The lowest BCUT2D eigenvalue weighted by Gasteiger charge is -2.33. The highest BCUT2D eigenvalue weighted by Gasteiger charge is 2.30. The third-order valence-corrected chi connectivity index (χ3v) is 5.21. The van der Waals surface area contributed by atoms with Gasteiger partial charge in [0.1, 0.15) is 0 Å².